The summed E-state index contributed by atoms with van der Waals surface area (Å²) in [6.45, 7) is 0. The van der Waals surface area contributed by atoms with Gasteiger partial charge in [0.25, 0.3) is 5.91 Å². The topological polar surface area (TPSA) is 41.8 Å². The first-order valence-corrected chi connectivity index (χ1v) is 5.72. The summed E-state index contributed by atoms with van der Waals surface area (Å²) in [7, 11) is 0. The van der Waals surface area contributed by atoms with Gasteiger partial charge >= 0.3 is 0 Å². The Labute approximate surface area is 86.4 Å². The highest BCUT2D eigenvalue weighted by atomic mass is 32.2. The van der Waals surface area contributed by atoms with Gasteiger partial charge in [-0.05, 0) is 36.2 Å². The molecular formula is C10H10N2OS. The molecule has 1 unspecified atom stereocenters. The van der Waals surface area contributed by atoms with Crippen LogP contribution in [0.25, 0.3) is 0 Å². The van der Waals surface area contributed by atoms with Crippen molar-refractivity contribution in [3.8, 4) is 0 Å². The van der Waals surface area contributed by atoms with Crippen LogP contribution in [0.5, 0.6) is 0 Å². The molecule has 0 bridgehead atoms. The first-order valence-electron chi connectivity index (χ1n) is 4.90. The summed E-state index contributed by atoms with van der Waals surface area (Å²) in [6.07, 6.45) is 6.04. The van der Waals surface area contributed by atoms with Crippen LogP contribution >= 0.6 is 11.8 Å². The van der Waals surface area contributed by atoms with Crippen molar-refractivity contribution in [3.05, 3.63) is 10.5 Å². The lowest BCUT2D eigenvalue weighted by molar-refractivity contribution is -0.118. The zero-order chi connectivity index (χ0) is 9.54. The van der Waals surface area contributed by atoms with E-state index in [1.807, 2.05) is 0 Å². The van der Waals surface area contributed by atoms with E-state index in [1.165, 1.54) is 29.7 Å². The Kier molecular flexibility index (Phi) is 1.83. The minimum absolute atomic E-state index is 0.0191. The largest absolute Gasteiger partial charge is 0.271 e. The van der Waals surface area contributed by atoms with Crippen LogP contribution in [0.1, 0.15) is 25.7 Å². The third-order valence-electron chi connectivity index (χ3n) is 2.90. The molecule has 0 radical (unpaired) electrons. The van der Waals surface area contributed by atoms with E-state index in [4.69, 9.17) is 0 Å². The number of aliphatic imine (C=N–C) groups is 2. The highest BCUT2D eigenvalue weighted by Gasteiger charge is 2.39. The van der Waals surface area contributed by atoms with Gasteiger partial charge < -0.3 is 0 Å². The molecule has 0 aromatic rings. The molecule has 1 aliphatic carbocycles. The molecule has 0 N–H and O–H groups in total. The fraction of sp³-hybridized carbons (Fsp3) is 0.500. The fourth-order valence-electron chi connectivity index (χ4n) is 2.23. The standard InChI is InChI=1S/C10H10N2OS/c13-9-8-6-3-1-2-4-7(6)14-10(8)12-5-11-9/h5,8H,1-4H2. The van der Waals surface area contributed by atoms with Crippen LogP contribution in [0, 0.1) is 5.92 Å². The molecule has 0 spiro atoms. The van der Waals surface area contributed by atoms with Crippen molar-refractivity contribution in [1.82, 2.24) is 0 Å². The Hall–Kier alpha value is -0.900. The Morgan fingerprint density at radius 1 is 1.36 bits per heavy atom. The van der Waals surface area contributed by atoms with Crippen molar-refractivity contribution in [3.63, 3.8) is 0 Å². The lowest BCUT2D eigenvalue weighted by atomic mass is 9.89. The van der Waals surface area contributed by atoms with Gasteiger partial charge in [-0.15, -0.1) is 0 Å². The molecule has 0 fully saturated rings. The summed E-state index contributed by atoms with van der Waals surface area (Å²) < 4.78 is 0. The van der Waals surface area contributed by atoms with E-state index >= 15 is 0 Å². The van der Waals surface area contributed by atoms with Crippen molar-refractivity contribution in [2.24, 2.45) is 15.9 Å². The Bertz CT molecular complexity index is 395. The van der Waals surface area contributed by atoms with Crippen LogP contribution < -0.4 is 0 Å². The van der Waals surface area contributed by atoms with Crippen LogP contribution in [0.4, 0.5) is 0 Å². The molecule has 0 aromatic heterocycles. The lowest BCUT2D eigenvalue weighted by Crippen LogP contribution is -2.22. The van der Waals surface area contributed by atoms with Crippen molar-refractivity contribution in [2.75, 3.05) is 0 Å². The van der Waals surface area contributed by atoms with Crippen molar-refractivity contribution < 1.29 is 4.79 Å². The predicted molar refractivity (Wildman–Crippen MR) is 57.5 cm³/mol. The van der Waals surface area contributed by atoms with E-state index in [1.54, 1.807) is 11.8 Å². The van der Waals surface area contributed by atoms with Crippen LogP contribution in [0.15, 0.2) is 20.5 Å². The van der Waals surface area contributed by atoms with Gasteiger partial charge in [0.05, 0.1) is 5.04 Å². The fourth-order valence-corrected chi connectivity index (χ4v) is 3.54. The molecule has 2 aliphatic heterocycles. The molecule has 3 nitrogen and oxygen atoms in total. The number of hydrogen-bond acceptors (Lipinski definition) is 3. The van der Waals surface area contributed by atoms with Crippen LogP contribution in [-0.2, 0) is 4.79 Å². The maximum absolute atomic E-state index is 11.6. The molecule has 0 aromatic carbocycles. The smallest absolute Gasteiger partial charge is 0.261 e. The van der Waals surface area contributed by atoms with E-state index in [2.05, 4.69) is 9.98 Å². The minimum Gasteiger partial charge on any atom is -0.271 e. The molecule has 3 aliphatic rings. The van der Waals surface area contributed by atoms with Gasteiger partial charge in [0.2, 0.25) is 0 Å². The summed E-state index contributed by atoms with van der Waals surface area (Å²) in [5.74, 6) is -0.116. The number of allylic oxidation sites excluding steroid dienone is 1. The number of thioether (sulfide) groups is 1. The molecule has 1 amide bonds. The monoisotopic (exact) mass is 206 g/mol. The third-order valence-corrected chi connectivity index (χ3v) is 4.16. The molecular weight excluding hydrogens is 196 g/mol. The summed E-state index contributed by atoms with van der Waals surface area (Å²) in [5.41, 5.74) is 1.31. The number of amides is 1. The van der Waals surface area contributed by atoms with Crippen molar-refractivity contribution >= 4 is 29.1 Å². The number of fused-ring (bicyclic) bond motifs is 2. The van der Waals surface area contributed by atoms with E-state index < -0.39 is 0 Å². The molecule has 2 heterocycles. The number of nitrogens with zero attached hydrogens (tertiary/aromatic N) is 2. The Morgan fingerprint density at radius 2 is 2.21 bits per heavy atom. The number of rotatable bonds is 0. The predicted octanol–water partition coefficient (Wildman–Crippen LogP) is 2.14. The van der Waals surface area contributed by atoms with E-state index in [-0.39, 0.29) is 11.8 Å². The van der Waals surface area contributed by atoms with Gasteiger partial charge in [0.1, 0.15) is 12.3 Å². The molecule has 0 saturated carbocycles. The van der Waals surface area contributed by atoms with Crippen LogP contribution in [0.3, 0.4) is 0 Å². The average molecular weight is 206 g/mol. The maximum Gasteiger partial charge on any atom is 0.261 e. The van der Waals surface area contributed by atoms with Crippen molar-refractivity contribution in [2.45, 2.75) is 25.7 Å². The Morgan fingerprint density at radius 3 is 3.14 bits per heavy atom. The molecule has 3 rings (SSSR count). The molecule has 14 heavy (non-hydrogen) atoms. The molecule has 0 saturated heterocycles. The third kappa shape index (κ3) is 1.10. The second-order valence-electron chi connectivity index (χ2n) is 3.74. The van der Waals surface area contributed by atoms with E-state index in [9.17, 15) is 4.79 Å². The molecule has 1 atom stereocenters. The van der Waals surface area contributed by atoms with Crippen LogP contribution in [0.2, 0.25) is 0 Å². The summed E-state index contributed by atoms with van der Waals surface area (Å²) in [4.78, 5) is 20.9. The van der Waals surface area contributed by atoms with E-state index in [0.29, 0.717) is 0 Å². The highest BCUT2D eigenvalue weighted by Crippen LogP contribution is 2.46. The average Bonchev–Trinajstić information content (AvgIpc) is 2.57. The van der Waals surface area contributed by atoms with Gasteiger partial charge in [0.15, 0.2) is 0 Å². The molecule has 4 heteroatoms. The second kappa shape index (κ2) is 3.05. The van der Waals surface area contributed by atoms with Crippen molar-refractivity contribution in [1.29, 1.82) is 0 Å². The number of carbonyl (C=O) groups excluding carboxylic acids is 1. The molecule has 72 valence electrons. The van der Waals surface area contributed by atoms with Gasteiger partial charge in [-0.3, -0.25) is 4.79 Å². The van der Waals surface area contributed by atoms with Gasteiger partial charge in [0, 0.05) is 0 Å². The summed E-state index contributed by atoms with van der Waals surface area (Å²) in [6, 6.07) is 0. The van der Waals surface area contributed by atoms with E-state index in [0.717, 1.165) is 17.9 Å². The SMILES string of the molecule is O=C1N=CN=C2SC3=C(CCCC3)C12. The van der Waals surface area contributed by atoms with Crippen LogP contribution in [-0.4, -0.2) is 17.3 Å². The maximum atomic E-state index is 11.6. The minimum atomic E-state index is -0.0969. The van der Waals surface area contributed by atoms with Gasteiger partial charge in [-0.25, -0.2) is 9.98 Å². The second-order valence-corrected chi connectivity index (χ2v) is 4.86. The first-order chi connectivity index (χ1) is 6.86. The first kappa shape index (κ1) is 8.41. The van der Waals surface area contributed by atoms with Gasteiger partial charge in [-0.1, -0.05) is 11.8 Å². The summed E-state index contributed by atoms with van der Waals surface area (Å²) >= 11 is 1.70. The Balaban J connectivity index is 2.03. The zero-order valence-corrected chi connectivity index (χ0v) is 8.51. The number of hydrogen-bond donors (Lipinski definition) is 0. The number of carbonyl (C=O) groups is 1. The summed E-state index contributed by atoms with van der Waals surface area (Å²) in [5, 5.41) is 0.955. The highest BCUT2D eigenvalue weighted by molar-refractivity contribution is 8.17. The quantitative estimate of drug-likeness (QED) is 0.609. The van der Waals surface area contributed by atoms with Gasteiger partial charge in [-0.2, -0.15) is 0 Å². The normalized spacial score (nSPS) is 30.1. The lowest BCUT2D eigenvalue weighted by Gasteiger charge is -2.16. The zero-order valence-electron chi connectivity index (χ0n) is 7.69.